The molecule has 0 amide bonds. The first-order valence-electron chi connectivity index (χ1n) is 5.02. The topological polar surface area (TPSA) is 53.6 Å². The maximum atomic E-state index is 4.14. The van der Waals surface area contributed by atoms with Crippen LogP contribution >= 0.6 is 27.3 Å². The van der Waals surface area contributed by atoms with Crippen LogP contribution in [0, 0.1) is 0 Å². The Morgan fingerprint density at radius 3 is 2.81 bits per heavy atom. The van der Waals surface area contributed by atoms with E-state index in [1.165, 1.54) is 11.2 Å². The monoisotopic (exact) mass is 300 g/mol. The van der Waals surface area contributed by atoms with Gasteiger partial charge >= 0.3 is 0 Å². The number of thiophene rings is 1. The highest BCUT2D eigenvalue weighted by atomic mass is 79.9. The second-order valence-electron chi connectivity index (χ2n) is 3.61. The van der Waals surface area contributed by atoms with Crippen molar-refractivity contribution in [2.75, 3.05) is 0 Å². The van der Waals surface area contributed by atoms with Gasteiger partial charge in [-0.15, -0.1) is 11.3 Å². The summed E-state index contributed by atoms with van der Waals surface area (Å²) in [4.78, 5) is 5.43. The van der Waals surface area contributed by atoms with Gasteiger partial charge in [0.15, 0.2) is 0 Å². The van der Waals surface area contributed by atoms with Crippen molar-refractivity contribution in [3.8, 4) is 0 Å². The fourth-order valence-corrected chi connectivity index (χ4v) is 3.30. The summed E-state index contributed by atoms with van der Waals surface area (Å²) in [7, 11) is 0. The molecule has 0 bridgehead atoms. The predicted molar refractivity (Wildman–Crippen MR) is 68.4 cm³/mol. The second kappa shape index (κ2) is 5.07. The van der Waals surface area contributed by atoms with Crippen molar-refractivity contribution in [3.05, 3.63) is 32.9 Å². The Bertz CT molecular complexity index is 439. The van der Waals surface area contributed by atoms with Gasteiger partial charge in [-0.05, 0) is 41.2 Å². The molecule has 0 aliphatic heterocycles. The highest BCUT2D eigenvalue weighted by Crippen LogP contribution is 2.29. The Hall–Kier alpha value is -0.720. The largest absolute Gasteiger partial charge is 0.300 e. The minimum absolute atomic E-state index is 0.159. The third-order valence-electron chi connectivity index (χ3n) is 2.38. The van der Waals surface area contributed by atoms with Crippen LogP contribution in [0.4, 0.5) is 0 Å². The quantitative estimate of drug-likeness (QED) is 0.912. The van der Waals surface area contributed by atoms with Crippen LogP contribution in [0.2, 0.25) is 0 Å². The first-order valence-corrected chi connectivity index (χ1v) is 6.70. The van der Waals surface area contributed by atoms with Crippen LogP contribution in [-0.2, 0) is 0 Å². The van der Waals surface area contributed by atoms with Gasteiger partial charge in [0.05, 0.1) is 6.04 Å². The van der Waals surface area contributed by atoms with Crippen LogP contribution in [0.3, 0.4) is 0 Å². The number of nitrogens with one attached hydrogen (secondary N) is 2. The van der Waals surface area contributed by atoms with Gasteiger partial charge < -0.3 is 5.32 Å². The van der Waals surface area contributed by atoms with Crippen LogP contribution in [0.5, 0.6) is 0 Å². The molecule has 2 heterocycles. The van der Waals surface area contributed by atoms with Crippen molar-refractivity contribution >= 4 is 27.3 Å². The van der Waals surface area contributed by atoms with Gasteiger partial charge in [-0.3, -0.25) is 5.10 Å². The number of aromatic amines is 1. The number of hydrogen-bond donors (Lipinski definition) is 2. The van der Waals surface area contributed by atoms with E-state index in [9.17, 15) is 0 Å². The normalized spacial score (nSPS) is 14.9. The van der Waals surface area contributed by atoms with Crippen molar-refractivity contribution in [1.29, 1.82) is 0 Å². The Balaban J connectivity index is 2.03. The van der Waals surface area contributed by atoms with Crippen LogP contribution in [0.1, 0.15) is 36.6 Å². The number of halogens is 1. The van der Waals surface area contributed by atoms with E-state index in [1.807, 2.05) is 0 Å². The lowest BCUT2D eigenvalue weighted by Crippen LogP contribution is -2.23. The van der Waals surface area contributed by atoms with Gasteiger partial charge in [-0.25, -0.2) is 4.98 Å². The van der Waals surface area contributed by atoms with E-state index in [1.54, 1.807) is 11.3 Å². The molecule has 0 saturated heterocycles. The zero-order valence-electron chi connectivity index (χ0n) is 9.07. The number of hydrogen-bond acceptors (Lipinski definition) is 4. The SMILES string of the molecule is CC(NC(C)c1sccc1Br)c1ncn[nH]1. The molecule has 0 radical (unpaired) electrons. The van der Waals surface area contributed by atoms with E-state index in [0.29, 0.717) is 0 Å². The van der Waals surface area contributed by atoms with Crippen LogP contribution in [0.15, 0.2) is 22.2 Å². The summed E-state index contributed by atoms with van der Waals surface area (Å²) < 4.78 is 1.15. The highest BCUT2D eigenvalue weighted by Gasteiger charge is 2.15. The molecule has 0 aliphatic carbocycles. The summed E-state index contributed by atoms with van der Waals surface area (Å²) in [6, 6.07) is 2.51. The van der Waals surface area contributed by atoms with Crippen LogP contribution in [0.25, 0.3) is 0 Å². The molecule has 0 aliphatic rings. The lowest BCUT2D eigenvalue weighted by Gasteiger charge is -2.17. The molecule has 4 nitrogen and oxygen atoms in total. The molecular formula is C10H13BrN4S. The maximum absolute atomic E-state index is 4.14. The van der Waals surface area contributed by atoms with E-state index in [0.717, 1.165) is 10.3 Å². The Kier molecular flexibility index (Phi) is 3.73. The standard InChI is InChI=1S/C10H13BrN4S/c1-6(9-8(11)3-4-16-9)14-7(2)10-12-5-13-15-10/h3-7,14H,1-2H3,(H,12,13,15). The lowest BCUT2D eigenvalue weighted by molar-refractivity contribution is 0.481. The Morgan fingerprint density at radius 1 is 1.44 bits per heavy atom. The number of H-pyrrole nitrogens is 1. The first-order chi connectivity index (χ1) is 7.68. The van der Waals surface area contributed by atoms with Crippen LogP contribution < -0.4 is 5.32 Å². The molecule has 0 aromatic carbocycles. The van der Waals surface area contributed by atoms with Crippen molar-refractivity contribution in [2.45, 2.75) is 25.9 Å². The number of aromatic nitrogens is 3. The zero-order chi connectivity index (χ0) is 11.5. The van der Waals surface area contributed by atoms with Gasteiger partial charge in [-0.2, -0.15) is 5.10 Å². The van der Waals surface area contributed by atoms with Gasteiger partial charge in [-0.1, -0.05) is 0 Å². The summed E-state index contributed by atoms with van der Waals surface area (Å²) in [5.74, 6) is 0.861. The zero-order valence-corrected chi connectivity index (χ0v) is 11.5. The van der Waals surface area contributed by atoms with Crippen molar-refractivity contribution < 1.29 is 0 Å². The molecule has 16 heavy (non-hydrogen) atoms. The van der Waals surface area contributed by atoms with E-state index < -0.39 is 0 Å². The fourth-order valence-electron chi connectivity index (χ4n) is 1.57. The molecule has 2 rings (SSSR count). The molecule has 2 N–H and O–H groups in total. The molecule has 6 heteroatoms. The van der Waals surface area contributed by atoms with Crippen LogP contribution in [-0.4, -0.2) is 15.2 Å². The molecule has 0 fully saturated rings. The summed E-state index contributed by atoms with van der Waals surface area (Å²) in [5.41, 5.74) is 0. The lowest BCUT2D eigenvalue weighted by atomic mass is 10.2. The van der Waals surface area contributed by atoms with E-state index in [-0.39, 0.29) is 12.1 Å². The predicted octanol–water partition coefficient (Wildman–Crippen LogP) is 3.04. The molecule has 2 aromatic rings. The Morgan fingerprint density at radius 2 is 2.25 bits per heavy atom. The summed E-state index contributed by atoms with van der Waals surface area (Å²) in [5, 5.41) is 12.3. The summed E-state index contributed by atoms with van der Waals surface area (Å²) in [6.07, 6.45) is 1.53. The fraction of sp³-hybridized carbons (Fsp3) is 0.400. The minimum atomic E-state index is 0.159. The smallest absolute Gasteiger partial charge is 0.141 e. The van der Waals surface area contributed by atoms with Crippen molar-refractivity contribution in [3.63, 3.8) is 0 Å². The van der Waals surface area contributed by atoms with Gasteiger partial charge in [0.25, 0.3) is 0 Å². The highest BCUT2D eigenvalue weighted by molar-refractivity contribution is 9.10. The summed E-state index contributed by atoms with van der Waals surface area (Å²) >= 11 is 5.28. The molecule has 0 saturated carbocycles. The first kappa shape index (κ1) is 11.8. The Labute approximate surface area is 107 Å². The van der Waals surface area contributed by atoms with E-state index in [2.05, 4.69) is 61.7 Å². The molecule has 86 valence electrons. The van der Waals surface area contributed by atoms with E-state index >= 15 is 0 Å². The minimum Gasteiger partial charge on any atom is -0.300 e. The van der Waals surface area contributed by atoms with Crippen molar-refractivity contribution in [2.24, 2.45) is 0 Å². The third kappa shape index (κ3) is 2.50. The number of nitrogens with zero attached hydrogens (tertiary/aromatic N) is 2. The molecular weight excluding hydrogens is 288 g/mol. The average molecular weight is 301 g/mol. The third-order valence-corrected chi connectivity index (χ3v) is 4.44. The molecule has 2 unspecified atom stereocenters. The molecule has 0 spiro atoms. The maximum Gasteiger partial charge on any atom is 0.141 e. The van der Waals surface area contributed by atoms with Gasteiger partial charge in [0.1, 0.15) is 12.2 Å². The molecule has 2 atom stereocenters. The second-order valence-corrected chi connectivity index (χ2v) is 5.42. The van der Waals surface area contributed by atoms with Gasteiger partial charge in [0.2, 0.25) is 0 Å². The number of rotatable bonds is 4. The average Bonchev–Trinajstić information content (AvgIpc) is 2.86. The molecule has 2 aromatic heterocycles. The summed E-state index contributed by atoms with van der Waals surface area (Å²) in [6.45, 7) is 4.21. The van der Waals surface area contributed by atoms with E-state index in [4.69, 9.17) is 0 Å². The van der Waals surface area contributed by atoms with Crippen molar-refractivity contribution in [1.82, 2.24) is 20.5 Å². The van der Waals surface area contributed by atoms with Gasteiger partial charge in [0, 0.05) is 15.4 Å².